The molecule has 2 fully saturated rings. The van der Waals surface area contributed by atoms with Crippen LogP contribution < -0.4 is 10.6 Å². The Kier molecular flexibility index (Phi) is 4.74. The Balaban J connectivity index is 1.44. The molecule has 2 aliphatic rings. The summed E-state index contributed by atoms with van der Waals surface area (Å²) in [6.45, 7) is 0.871. The van der Waals surface area contributed by atoms with Crippen molar-refractivity contribution in [1.29, 1.82) is 0 Å². The Morgan fingerprint density at radius 2 is 1.91 bits per heavy atom. The van der Waals surface area contributed by atoms with Gasteiger partial charge in [-0.25, -0.2) is 4.39 Å². The molecular formula is C17H24FN3O. The lowest BCUT2D eigenvalue weighted by atomic mass is 9.98. The Hall–Kier alpha value is -1.46. The SMILES string of the molecule is CN(CC(=O)NCc1ccc(F)cc1)C1CC2CCC(C1)N2. The van der Waals surface area contributed by atoms with Crippen LogP contribution in [0.2, 0.25) is 0 Å². The van der Waals surface area contributed by atoms with Crippen molar-refractivity contribution in [1.82, 2.24) is 15.5 Å². The highest BCUT2D eigenvalue weighted by molar-refractivity contribution is 5.78. The van der Waals surface area contributed by atoms with Gasteiger partial charge in [-0.1, -0.05) is 12.1 Å². The Labute approximate surface area is 131 Å². The van der Waals surface area contributed by atoms with Gasteiger partial charge in [0.15, 0.2) is 0 Å². The molecule has 120 valence electrons. The van der Waals surface area contributed by atoms with E-state index in [0.29, 0.717) is 31.2 Å². The first-order valence-corrected chi connectivity index (χ1v) is 8.07. The van der Waals surface area contributed by atoms with E-state index in [4.69, 9.17) is 0 Å². The molecule has 2 bridgehead atoms. The molecule has 4 nitrogen and oxygen atoms in total. The van der Waals surface area contributed by atoms with Crippen molar-refractivity contribution in [2.75, 3.05) is 13.6 Å². The zero-order valence-corrected chi connectivity index (χ0v) is 13.0. The van der Waals surface area contributed by atoms with Crippen molar-refractivity contribution < 1.29 is 9.18 Å². The summed E-state index contributed by atoms with van der Waals surface area (Å²) < 4.78 is 12.8. The highest BCUT2D eigenvalue weighted by Gasteiger charge is 2.35. The van der Waals surface area contributed by atoms with E-state index in [-0.39, 0.29) is 11.7 Å². The molecule has 0 saturated carbocycles. The predicted octanol–water partition coefficient (Wildman–Crippen LogP) is 1.66. The maximum Gasteiger partial charge on any atom is 0.234 e. The number of rotatable bonds is 5. The average molecular weight is 305 g/mol. The summed E-state index contributed by atoms with van der Waals surface area (Å²) in [4.78, 5) is 14.2. The van der Waals surface area contributed by atoms with Crippen LogP contribution >= 0.6 is 0 Å². The molecule has 2 heterocycles. The van der Waals surface area contributed by atoms with Gasteiger partial charge in [0, 0.05) is 24.7 Å². The normalized spacial score (nSPS) is 27.1. The third-order valence-corrected chi connectivity index (χ3v) is 4.87. The number of hydrogen-bond donors (Lipinski definition) is 2. The second kappa shape index (κ2) is 6.75. The molecule has 0 aliphatic carbocycles. The van der Waals surface area contributed by atoms with Crippen LogP contribution in [0, 0.1) is 5.82 Å². The first kappa shape index (κ1) is 15.4. The van der Waals surface area contributed by atoms with E-state index in [1.807, 2.05) is 7.05 Å². The summed E-state index contributed by atoms with van der Waals surface area (Å²) >= 11 is 0. The van der Waals surface area contributed by atoms with Crippen molar-refractivity contribution in [3.8, 4) is 0 Å². The maximum absolute atomic E-state index is 12.8. The lowest BCUT2D eigenvalue weighted by Crippen LogP contribution is -2.49. The number of carbonyl (C=O) groups excluding carboxylic acids is 1. The number of halogens is 1. The molecule has 2 aliphatic heterocycles. The number of piperidine rings is 1. The summed E-state index contributed by atoms with van der Waals surface area (Å²) in [6.07, 6.45) is 4.81. The van der Waals surface area contributed by atoms with Crippen LogP contribution in [-0.2, 0) is 11.3 Å². The molecule has 2 saturated heterocycles. The molecule has 3 rings (SSSR count). The van der Waals surface area contributed by atoms with Gasteiger partial charge in [-0.2, -0.15) is 0 Å². The highest BCUT2D eigenvalue weighted by atomic mass is 19.1. The Bertz CT molecular complexity index is 507. The summed E-state index contributed by atoms with van der Waals surface area (Å²) in [7, 11) is 2.03. The van der Waals surface area contributed by atoms with E-state index in [0.717, 1.165) is 18.4 Å². The minimum absolute atomic E-state index is 0.0257. The minimum Gasteiger partial charge on any atom is -0.351 e. The fourth-order valence-corrected chi connectivity index (χ4v) is 3.60. The van der Waals surface area contributed by atoms with E-state index >= 15 is 0 Å². The monoisotopic (exact) mass is 305 g/mol. The fraction of sp³-hybridized carbons (Fsp3) is 0.588. The smallest absolute Gasteiger partial charge is 0.234 e. The molecule has 2 N–H and O–H groups in total. The fourth-order valence-electron chi connectivity index (χ4n) is 3.60. The van der Waals surface area contributed by atoms with Crippen LogP contribution in [-0.4, -0.2) is 42.5 Å². The number of benzene rings is 1. The summed E-state index contributed by atoms with van der Waals surface area (Å²) in [5, 5.41) is 6.53. The van der Waals surface area contributed by atoms with E-state index in [9.17, 15) is 9.18 Å². The molecule has 5 heteroatoms. The third-order valence-electron chi connectivity index (χ3n) is 4.87. The molecule has 0 spiro atoms. The van der Waals surface area contributed by atoms with E-state index in [2.05, 4.69) is 15.5 Å². The topological polar surface area (TPSA) is 44.4 Å². The number of nitrogens with zero attached hydrogens (tertiary/aromatic N) is 1. The van der Waals surface area contributed by atoms with E-state index in [1.165, 1.54) is 25.0 Å². The van der Waals surface area contributed by atoms with E-state index in [1.54, 1.807) is 12.1 Å². The van der Waals surface area contributed by atoms with Gasteiger partial charge >= 0.3 is 0 Å². The molecule has 2 atom stereocenters. The first-order chi connectivity index (χ1) is 10.6. The zero-order valence-electron chi connectivity index (χ0n) is 13.0. The second-order valence-electron chi connectivity index (χ2n) is 6.58. The number of fused-ring (bicyclic) bond motifs is 2. The van der Waals surface area contributed by atoms with Crippen molar-refractivity contribution in [2.24, 2.45) is 0 Å². The van der Waals surface area contributed by atoms with Crippen molar-refractivity contribution in [3.63, 3.8) is 0 Å². The molecule has 1 aromatic rings. The second-order valence-corrected chi connectivity index (χ2v) is 6.58. The van der Waals surface area contributed by atoms with Gasteiger partial charge in [0.25, 0.3) is 0 Å². The highest BCUT2D eigenvalue weighted by Crippen LogP contribution is 2.29. The van der Waals surface area contributed by atoms with Gasteiger partial charge in [-0.15, -0.1) is 0 Å². The Morgan fingerprint density at radius 1 is 1.27 bits per heavy atom. The Morgan fingerprint density at radius 3 is 2.55 bits per heavy atom. The number of nitrogens with one attached hydrogen (secondary N) is 2. The largest absolute Gasteiger partial charge is 0.351 e. The van der Waals surface area contributed by atoms with Crippen LogP contribution in [0.1, 0.15) is 31.2 Å². The van der Waals surface area contributed by atoms with Gasteiger partial charge in [0.05, 0.1) is 6.54 Å². The van der Waals surface area contributed by atoms with Crippen LogP contribution in [0.5, 0.6) is 0 Å². The summed E-state index contributed by atoms with van der Waals surface area (Å²) in [5.41, 5.74) is 0.914. The van der Waals surface area contributed by atoms with Gasteiger partial charge in [0.1, 0.15) is 5.82 Å². The molecular weight excluding hydrogens is 281 g/mol. The number of likely N-dealkylation sites (N-methyl/N-ethyl adjacent to an activating group) is 1. The van der Waals surface area contributed by atoms with E-state index < -0.39 is 0 Å². The lowest BCUT2D eigenvalue weighted by Gasteiger charge is -2.35. The van der Waals surface area contributed by atoms with Gasteiger partial charge in [-0.05, 0) is 50.4 Å². The van der Waals surface area contributed by atoms with Crippen LogP contribution in [0.3, 0.4) is 0 Å². The van der Waals surface area contributed by atoms with Crippen LogP contribution in [0.15, 0.2) is 24.3 Å². The predicted molar refractivity (Wildman–Crippen MR) is 83.8 cm³/mol. The molecule has 22 heavy (non-hydrogen) atoms. The number of carbonyl (C=O) groups is 1. The lowest BCUT2D eigenvalue weighted by molar-refractivity contribution is -0.122. The first-order valence-electron chi connectivity index (χ1n) is 8.07. The van der Waals surface area contributed by atoms with Crippen molar-refractivity contribution in [3.05, 3.63) is 35.6 Å². The van der Waals surface area contributed by atoms with Gasteiger partial charge in [0.2, 0.25) is 5.91 Å². The number of amides is 1. The third kappa shape index (κ3) is 3.84. The molecule has 2 unspecified atom stereocenters. The minimum atomic E-state index is -0.254. The maximum atomic E-state index is 12.8. The molecule has 0 aromatic heterocycles. The van der Waals surface area contributed by atoms with Crippen molar-refractivity contribution >= 4 is 5.91 Å². The van der Waals surface area contributed by atoms with Gasteiger partial charge < -0.3 is 10.6 Å². The summed E-state index contributed by atoms with van der Waals surface area (Å²) in [6, 6.07) is 7.99. The van der Waals surface area contributed by atoms with Gasteiger partial charge in [-0.3, -0.25) is 9.69 Å². The van der Waals surface area contributed by atoms with Crippen LogP contribution in [0.25, 0.3) is 0 Å². The number of hydrogen-bond acceptors (Lipinski definition) is 3. The molecule has 1 aromatic carbocycles. The standard InChI is InChI=1S/C17H24FN3O/c1-21(16-8-14-6-7-15(9-16)20-14)11-17(22)19-10-12-2-4-13(18)5-3-12/h2-5,14-16,20H,6-11H2,1H3,(H,19,22). The van der Waals surface area contributed by atoms with Crippen molar-refractivity contribution in [2.45, 2.75) is 50.4 Å². The quantitative estimate of drug-likeness (QED) is 0.869. The zero-order chi connectivity index (χ0) is 15.5. The van der Waals surface area contributed by atoms with Crippen LogP contribution in [0.4, 0.5) is 4.39 Å². The molecule has 1 amide bonds. The molecule has 0 radical (unpaired) electrons. The average Bonchev–Trinajstić information content (AvgIpc) is 2.85. The summed E-state index contributed by atoms with van der Waals surface area (Å²) in [5.74, 6) is -0.229.